The van der Waals surface area contributed by atoms with E-state index in [9.17, 15) is 9.59 Å². The Balaban J connectivity index is 0. The highest BCUT2D eigenvalue weighted by Gasteiger charge is 2.20. The Morgan fingerprint density at radius 3 is 2.11 bits per heavy atom. The first-order valence-electron chi connectivity index (χ1n) is 6.13. The van der Waals surface area contributed by atoms with Crippen LogP contribution in [0, 0.1) is 5.41 Å². The number of nitrogens with one attached hydrogen (secondary N) is 2. The number of nitrogens with two attached hydrogens (primary N) is 1. The van der Waals surface area contributed by atoms with Gasteiger partial charge in [0.1, 0.15) is 0 Å². The van der Waals surface area contributed by atoms with E-state index < -0.39 is 0 Å². The Morgan fingerprint density at radius 1 is 1.06 bits per heavy atom. The summed E-state index contributed by atoms with van der Waals surface area (Å²) >= 11 is 0. The molecule has 108 valence electrons. The molecule has 18 heavy (non-hydrogen) atoms. The second-order valence-corrected chi connectivity index (χ2v) is 5.10. The van der Waals surface area contributed by atoms with Crippen LogP contribution in [0.25, 0.3) is 0 Å². The lowest BCUT2D eigenvalue weighted by molar-refractivity contribution is -0.128. The molecule has 0 aromatic heterocycles. The maximum Gasteiger partial charge on any atom is 0.225 e. The van der Waals surface area contributed by atoms with E-state index in [2.05, 4.69) is 10.6 Å². The fraction of sp³-hybridized carbons (Fsp3) is 0.833. The zero-order valence-corrected chi connectivity index (χ0v) is 12.4. The van der Waals surface area contributed by atoms with Crippen molar-refractivity contribution in [3.63, 3.8) is 0 Å². The lowest BCUT2D eigenvalue weighted by Gasteiger charge is -2.17. The molecule has 0 saturated heterocycles. The Bertz CT molecular complexity index is 252. The third kappa shape index (κ3) is 10.4. The molecule has 6 heteroatoms. The summed E-state index contributed by atoms with van der Waals surface area (Å²) in [5.41, 5.74) is 4.94. The van der Waals surface area contributed by atoms with Gasteiger partial charge in [0.15, 0.2) is 0 Å². The molecule has 0 aromatic carbocycles. The highest BCUT2D eigenvalue weighted by atomic mass is 35.5. The van der Waals surface area contributed by atoms with Crippen molar-refractivity contribution in [1.82, 2.24) is 10.6 Å². The van der Waals surface area contributed by atoms with Crippen molar-refractivity contribution in [2.45, 2.75) is 40.0 Å². The van der Waals surface area contributed by atoms with E-state index >= 15 is 0 Å². The maximum absolute atomic E-state index is 11.5. The van der Waals surface area contributed by atoms with Crippen LogP contribution < -0.4 is 16.4 Å². The zero-order chi connectivity index (χ0) is 13.3. The second-order valence-electron chi connectivity index (χ2n) is 5.10. The SMILES string of the molecule is CC(C)(C)C(=O)NCCCC(=O)NCCCN.Cl. The summed E-state index contributed by atoms with van der Waals surface area (Å²) in [5.74, 6) is 0.0319. The van der Waals surface area contributed by atoms with Gasteiger partial charge in [-0.05, 0) is 19.4 Å². The molecular formula is C12H26ClN3O2. The number of hydrogen-bond acceptors (Lipinski definition) is 3. The smallest absolute Gasteiger partial charge is 0.225 e. The summed E-state index contributed by atoms with van der Waals surface area (Å²) < 4.78 is 0. The summed E-state index contributed by atoms with van der Waals surface area (Å²) in [5, 5.41) is 5.58. The van der Waals surface area contributed by atoms with Gasteiger partial charge in [-0.3, -0.25) is 9.59 Å². The van der Waals surface area contributed by atoms with Crippen LogP contribution in [-0.2, 0) is 9.59 Å². The normalized spacial score (nSPS) is 10.4. The summed E-state index contributed by atoms with van der Waals surface area (Å²) in [6.07, 6.45) is 1.90. The van der Waals surface area contributed by atoms with Gasteiger partial charge in [-0.15, -0.1) is 12.4 Å². The van der Waals surface area contributed by atoms with Crippen molar-refractivity contribution in [1.29, 1.82) is 0 Å². The van der Waals surface area contributed by atoms with E-state index in [0.717, 1.165) is 6.42 Å². The molecule has 4 N–H and O–H groups in total. The summed E-state index contributed by atoms with van der Waals surface area (Å²) in [6.45, 7) is 7.34. The molecule has 5 nitrogen and oxygen atoms in total. The van der Waals surface area contributed by atoms with Gasteiger partial charge in [0.2, 0.25) is 11.8 Å². The van der Waals surface area contributed by atoms with Gasteiger partial charge in [-0.2, -0.15) is 0 Å². The van der Waals surface area contributed by atoms with Gasteiger partial charge in [-0.1, -0.05) is 20.8 Å². The van der Waals surface area contributed by atoms with E-state index in [4.69, 9.17) is 5.73 Å². The Kier molecular flexibility index (Phi) is 11.0. The van der Waals surface area contributed by atoms with Crippen LogP contribution in [0.5, 0.6) is 0 Å². The predicted molar refractivity (Wildman–Crippen MR) is 75.6 cm³/mol. The zero-order valence-electron chi connectivity index (χ0n) is 11.5. The van der Waals surface area contributed by atoms with Gasteiger partial charge in [-0.25, -0.2) is 0 Å². The number of rotatable bonds is 7. The first-order valence-corrected chi connectivity index (χ1v) is 6.13. The highest BCUT2D eigenvalue weighted by molar-refractivity contribution is 5.85. The van der Waals surface area contributed by atoms with Gasteiger partial charge >= 0.3 is 0 Å². The third-order valence-electron chi connectivity index (χ3n) is 2.25. The average Bonchev–Trinajstić information content (AvgIpc) is 2.23. The van der Waals surface area contributed by atoms with Gasteiger partial charge in [0, 0.05) is 24.9 Å². The largest absolute Gasteiger partial charge is 0.356 e. The molecule has 0 aliphatic carbocycles. The first-order chi connectivity index (χ1) is 7.88. The topological polar surface area (TPSA) is 84.2 Å². The van der Waals surface area contributed by atoms with Crippen LogP contribution in [0.15, 0.2) is 0 Å². The van der Waals surface area contributed by atoms with Crippen LogP contribution in [0.2, 0.25) is 0 Å². The van der Waals surface area contributed by atoms with Crippen LogP contribution >= 0.6 is 12.4 Å². The molecule has 0 unspecified atom stereocenters. The third-order valence-corrected chi connectivity index (χ3v) is 2.25. The minimum atomic E-state index is -0.372. The molecule has 0 fully saturated rings. The maximum atomic E-state index is 11.5. The number of carbonyl (C=O) groups excluding carboxylic acids is 2. The van der Waals surface area contributed by atoms with Gasteiger partial charge < -0.3 is 16.4 Å². The van der Waals surface area contributed by atoms with Gasteiger partial charge in [0.05, 0.1) is 0 Å². The summed E-state index contributed by atoms with van der Waals surface area (Å²) in [7, 11) is 0. The molecule has 0 aliphatic heterocycles. The molecule has 0 aromatic rings. The number of hydrogen-bond donors (Lipinski definition) is 3. The molecule has 0 aliphatic rings. The molecule has 2 amide bonds. The monoisotopic (exact) mass is 279 g/mol. The van der Waals surface area contributed by atoms with Crippen LogP contribution in [0.4, 0.5) is 0 Å². The van der Waals surface area contributed by atoms with E-state index in [-0.39, 0.29) is 29.6 Å². The predicted octanol–water partition coefficient (Wildman–Crippen LogP) is 0.816. The molecule has 0 atom stereocenters. The van der Waals surface area contributed by atoms with Crippen molar-refractivity contribution >= 4 is 24.2 Å². The highest BCUT2D eigenvalue weighted by Crippen LogP contribution is 2.12. The van der Waals surface area contributed by atoms with E-state index in [0.29, 0.717) is 32.5 Å². The minimum absolute atomic E-state index is 0. The lowest BCUT2D eigenvalue weighted by Crippen LogP contribution is -2.35. The summed E-state index contributed by atoms with van der Waals surface area (Å²) in [4.78, 5) is 22.8. The number of halogens is 1. The second kappa shape index (κ2) is 10.1. The van der Waals surface area contributed by atoms with Crippen LogP contribution in [-0.4, -0.2) is 31.4 Å². The average molecular weight is 280 g/mol. The van der Waals surface area contributed by atoms with E-state index in [1.807, 2.05) is 20.8 Å². The Hall–Kier alpha value is -0.810. The molecule has 0 heterocycles. The fourth-order valence-electron chi connectivity index (χ4n) is 1.13. The van der Waals surface area contributed by atoms with E-state index in [1.165, 1.54) is 0 Å². The lowest BCUT2D eigenvalue weighted by atomic mass is 9.96. The molecular weight excluding hydrogens is 254 g/mol. The number of carbonyl (C=O) groups is 2. The fourth-order valence-corrected chi connectivity index (χ4v) is 1.13. The van der Waals surface area contributed by atoms with E-state index in [1.54, 1.807) is 0 Å². The van der Waals surface area contributed by atoms with Crippen LogP contribution in [0.1, 0.15) is 40.0 Å². The molecule has 0 rings (SSSR count). The summed E-state index contributed by atoms with van der Waals surface area (Å²) in [6, 6.07) is 0. The molecule has 0 bridgehead atoms. The Labute approximate surface area is 116 Å². The van der Waals surface area contributed by atoms with Crippen molar-refractivity contribution in [2.75, 3.05) is 19.6 Å². The van der Waals surface area contributed by atoms with Crippen molar-refractivity contribution in [3.8, 4) is 0 Å². The van der Waals surface area contributed by atoms with Crippen LogP contribution in [0.3, 0.4) is 0 Å². The minimum Gasteiger partial charge on any atom is -0.356 e. The van der Waals surface area contributed by atoms with Gasteiger partial charge in [0.25, 0.3) is 0 Å². The van der Waals surface area contributed by atoms with Crippen molar-refractivity contribution in [2.24, 2.45) is 11.1 Å². The van der Waals surface area contributed by atoms with Crippen molar-refractivity contribution in [3.05, 3.63) is 0 Å². The Morgan fingerprint density at radius 2 is 1.61 bits per heavy atom. The standard InChI is InChI=1S/C12H25N3O2.ClH/c1-12(2,3)11(17)15-8-4-6-10(16)14-9-5-7-13;/h4-9,13H2,1-3H3,(H,14,16)(H,15,17);1H. The van der Waals surface area contributed by atoms with Crippen molar-refractivity contribution < 1.29 is 9.59 Å². The number of amides is 2. The molecule has 0 saturated carbocycles. The first kappa shape index (κ1) is 19.5. The molecule has 0 radical (unpaired) electrons. The quantitative estimate of drug-likeness (QED) is 0.603. The molecule has 0 spiro atoms.